The molecule has 1 N–H and O–H groups in total. The van der Waals surface area contributed by atoms with Crippen LogP contribution in [-0.4, -0.2) is 25.3 Å². The lowest BCUT2D eigenvalue weighted by Gasteiger charge is -2.12. The van der Waals surface area contributed by atoms with Gasteiger partial charge in [0.2, 0.25) is 0 Å². The van der Waals surface area contributed by atoms with Crippen molar-refractivity contribution >= 4 is 11.6 Å². The maximum Gasteiger partial charge on any atom is 0.261 e. The van der Waals surface area contributed by atoms with Crippen molar-refractivity contribution in [2.75, 3.05) is 19.5 Å². The van der Waals surface area contributed by atoms with Crippen molar-refractivity contribution in [2.24, 2.45) is 0 Å². The van der Waals surface area contributed by atoms with Gasteiger partial charge in [0.05, 0.1) is 19.9 Å². The lowest BCUT2D eigenvalue weighted by Crippen LogP contribution is -2.14. The Morgan fingerprint density at radius 2 is 1.85 bits per heavy atom. The summed E-state index contributed by atoms with van der Waals surface area (Å²) in [6, 6.07) is 13.2. The van der Waals surface area contributed by atoms with E-state index in [1.807, 2.05) is 43.3 Å². The number of amides is 1. The van der Waals surface area contributed by atoms with E-state index in [0.29, 0.717) is 34.9 Å². The summed E-state index contributed by atoms with van der Waals surface area (Å²) in [6.07, 6.45) is 0.625. The third-order valence-electron chi connectivity index (χ3n) is 4.35. The molecule has 0 bridgehead atoms. The fraction of sp³-hybridized carbons (Fsp3) is 0.238. The molecule has 0 saturated heterocycles. The lowest BCUT2D eigenvalue weighted by atomic mass is 10.0. The zero-order chi connectivity index (χ0) is 19.4. The molecule has 0 aliphatic heterocycles. The number of aromatic nitrogens is 1. The minimum absolute atomic E-state index is 0.239. The highest BCUT2D eigenvalue weighted by Gasteiger charge is 2.19. The highest BCUT2D eigenvalue weighted by Crippen LogP contribution is 2.33. The van der Waals surface area contributed by atoms with Crippen LogP contribution in [0.5, 0.6) is 11.5 Å². The normalized spacial score (nSPS) is 10.5. The summed E-state index contributed by atoms with van der Waals surface area (Å²) in [5.41, 5.74) is 3.62. The zero-order valence-corrected chi connectivity index (χ0v) is 15.8. The molecule has 0 aliphatic carbocycles. The van der Waals surface area contributed by atoms with Crippen LogP contribution >= 0.6 is 0 Å². The Balaban J connectivity index is 1.92. The maximum atomic E-state index is 12.7. The standard InChI is InChI=1S/C21H22N2O4/c1-5-18-20(13(2)27-23-18)21(24)22-15-8-11-19(26-4)17(12-15)14-6-9-16(25-3)10-7-14/h6-12H,5H2,1-4H3,(H,22,24). The molecule has 0 fully saturated rings. The molecule has 1 amide bonds. The van der Waals surface area contributed by atoms with E-state index in [0.717, 1.165) is 16.9 Å². The van der Waals surface area contributed by atoms with Crippen LogP contribution in [0.1, 0.15) is 28.7 Å². The summed E-state index contributed by atoms with van der Waals surface area (Å²) in [6.45, 7) is 3.67. The third-order valence-corrected chi connectivity index (χ3v) is 4.35. The molecule has 1 heterocycles. The number of nitrogens with one attached hydrogen (secondary N) is 1. The number of rotatable bonds is 6. The van der Waals surface area contributed by atoms with Gasteiger partial charge in [-0.2, -0.15) is 0 Å². The largest absolute Gasteiger partial charge is 0.497 e. The molecular weight excluding hydrogens is 344 g/mol. The fourth-order valence-electron chi connectivity index (χ4n) is 2.93. The second-order valence-corrected chi connectivity index (χ2v) is 6.01. The van der Waals surface area contributed by atoms with Crippen molar-refractivity contribution in [3.05, 3.63) is 59.5 Å². The van der Waals surface area contributed by atoms with Crippen LogP contribution < -0.4 is 14.8 Å². The SMILES string of the molecule is CCc1noc(C)c1C(=O)Nc1ccc(OC)c(-c2ccc(OC)cc2)c1. The van der Waals surface area contributed by atoms with Gasteiger partial charge in [0, 0.05) is 11.3 Å². The maximum absolute atomic E-state index is 12.7. The summed E-state index contributed by atoms with van der Waals surface area (Å²) in [5, 5.41) is 6.86. The van der Waals surface area contributed by atoms with E-state index in [-0.39, 0.29) is 5.91 Å². The number of ether oxygens (including phenoxy) is 2. The molecule has 0 unspecified atom stereocenters. The summed E-state index contributed by atoms with van der Waals surface area (Å²) in [5.74, 6) is 1.76. The van der Waals surface area contributed by atoms with Crippen molar-refractivity contribution in [1.29, 1.82) is 0 Å². The van der Waals surface area contributed by atoms with E-state index in [9.17, 15) is 4.79 Å². The first kappa shape index (κ1) is 18.5. The second kappa shape index (κ2) is 7.95. The first-order valence-electron chi connectivity index (χ1n) is 8.66. The predicted octanol–water partition coefficient (Wildman–Crippen LogP) is 4.48. The topological polar surface area (TPSA) is 73.6 Å². The number of aryl methyl sites for hydroxylation is 2. The van der Waals surface area contributed by atoms with Gasteiger partial charge in [0.25, 0.3) is 5.91 Å². The number of carbonyl (C=O) groups excluding carboxylic acids is 1. The van der Waals surface area contributed by atoms with E-state index < -0.39 is 0 Å². The molecule has 27 heavy (non-hydrogen) atoms. The second-order valence-electron chi connectivity index (χ2n) is 6.01. The van der Waals surface area contributed by atoms with Gasteiger partial charge < -0.3 is 19.3 Å². The predicted molar refractivity (Wildman–Crippen MR) is 104 cm³/mol. The summed E-state index contributed by atoms with van der Waals surface area (Å²) in [7, 11) is 3.25. The first-order chi connectivity index (χ1) is 13.1. The molecule has 3 rings (SSSR count). The first-order valence-corrected chi connectivity index (χ1v) is 8.66. The van der Waals surface area contributed by atoms with Gasteiger partial charge in [0.15, 0.2) is 0 Å². The quantitative estimate of drug-likeness (QED) is 0.696. The Bertz CT molecular complexity index is 945. The van der Waals surface area contributed by atoms with Gasteiger partial charge in [-0.25, -0.2) is 0 Å². The number of benzene rings is 2. The van der Waals surface area contributed by atoms with Crippen molar-refractivity contribution in [2.45, 2.75) is 20.3 Å². The molecule has 6 heteroatoms. The van der Waals surface area contributed by atoms with E-state index in [4.69, 9.17) is 14.0 Å². The highest BCUT2D eigenvalue weighted by atomic mass is 16.5. The van der Waals surface area contributed by atoms with Gasteiger partial charge in [-0.3, -0.25) is 4.79 Å². The van der Waals surface area contributed by atoms with Crippen LogP contribution in [0.4, 0.5) is 5.69 Å². The average molecular weight is 366 g/mol. The molecule has 0 spiro atoms. The smallest absolute Gasteiger partial charge is 0.261 e. The molecule has 6 nitrogen and oxygen atoms in total. The van der Waals surface area contributed by atoms with Gasteiger partial charge >= 0.3 is 0 Å². The van der Waals surface area contributed by atoms with E-state index in [1.54, 1.807) is 27.2 Å². The Kier molecular flexibility index (Phi) is 5.45. The lowest BCUT2D eigenvalue weighted by molar-refractivity contribution is 0.102. The summed E-state index contributed by atoms with van der Waals surface area (Å²) >= 11 is 0. The van der Waals surface area contributed by atoms with Crippen LogP contribution in [0.3, 0.4) is 0 Å². The number of anilines is 1. The Labute approximate surface area is 158 Å². The van der Waals surface area contributed by atoms with Crippen LogP contribution in [0.2, 0.25) is 0 Å². The third kappa shape index (κ3) is 3.79. The van der Waals surface area contributed by atoms with E-state index in [1.165, 1.54) is 0 Å². The number of methoxy groups -OCH3 is 2. The highest BCUT2D eigenvalue weighted by molar-refractivity contribution is 6.06. The van der Waals surface area contributed by atoms with Crippen LogP contribution in [0.15, 0.2) is 47.0 Å². The molecule has 0 aliphatic rings. The number of hydrogen-bond donors (Lipinski definition) is 1. The molecule has 0 radical (unpaired) electrons. The molecule has 0 saturated carbocycles. The van der Waals surface area contributed by atoms with Gasteiger partial charge in [-0.15, -0.1) is 0 Å². The van der Waals surface area contributed by atoms with Crippen molar-refractivity contribution in [3.8, 4) is 22.6 Å². The van der Waals surface area contributed by atoms with Crippen molar-refractivity contribution < 1.29 is 18.8 Å². The summed E-state index contributed by atoms with van der Waals surface area (Å²) in [4.78, 5) is 12.7. The van der Waals surface area contributed by atoms with E-state index >= 15 is 0 Å². The molecule has 3 aromatic rings. The van der Waals surface area contributed by atoms with E-state index in [2.05, 4.69) is 10.5 Å². The van der Waals surface area contributed by atoms with Crippen LogP contribution in [0, 0.1) is 6.92 Å². The van der Waals surface area contributed by atoms with Crippen molar-refractivity contribution in [1.82, 2.24) is 5.16 Å². The van der Waals surface area contributed by atoms with Gasteiger partial charge in [-0.05, 0) is 49.2 Å². The van der Waals surface area contributed by atoms with Gasteiger partial charge in [-0.1, -0.05) is 24.2 Å². The van der Waals surface area contributed by atoms with Crippen molar-refractivity contribution in [3.63, 3.8) is 0 Å². The van der Waals surface area contributed by atoms with Gasteiger partial charge in [0.1, 0.15) is 22.8 Å². The molecular formula is C21H22N2O4. The molecule has 140 valence electrons. The zero-order valence-electron chi connectivity index (χ0n) is 15.8. The minimum Gasteiger partial charge on any atom is -0.497 e. The number of hydrogen-bond acceptors (Lipinski definition) is 5. The summed E-state index contributed by atoms with van der Waals surface area (Å²) < 4.78 is 15.8. The number of nitrogens with zero attached hydrogens (tertiary/aromatic N) is 1. The molecule has 2 aromatic carbocycles. The average Bonchev–Trinajstić information content (AvgIpc) is 3.08. The molecule has 0 atom stereocenters. The van der Waals surface area contributed by atoms with Crippen LogP contribution in [-0.2, 0) is 6.42 Å². The minimum atomic E-state index is -0.239. The van der Waals surface area contributed by atoms with Crippen LogP contribution in [0.25, 0.3) is 11.1 Å². The Morgan fingerprint density at radius 1 is 1.11 bits per heavy atom. The fourth-order valence-corrected chi connectivity index (χ4v) is 2.93. The Hall–Kier alpha value is -3.28. The Morgan fingerprint density at radius 3 is 2.48 bits per heavy atom. The number of carbonyl (C=O) groups is 1. The monoisotopic (exact) mass is 366 g/mol. The molecule has 1 aromatic heterocycles.